The first-order valence-corrected chi connectivity index (χ1v) is 7.52. The summed E-state index contributed by atoms with van der Waals surface area (Å²) in [6.07, 6.45) is 3.43. The zero-order chi connectivity index (χ0) is 13.6. The fourth-order valence-electron chi connectivity index (χ4n) is 1.90. The molecule has 3 N–H and O–H groups in total. The highest BCUT2D eigenvalue weighted by Gasteiger charge is 2.28. The molecule has 1 aliphatic rings. The fourth-order valence-corrected chi connectivity index (χ4v) is 3.36. The van der Waals surface area contributed by atoms with Crippen LogP contribution in [0, 0.1) is 0 Å². The SMILES string of the molecule is O=C(O)[C@@H](CCO)NS(=O)(=O)N1CCCCCC1. The first kappa shape index (κ1) is 15.4. The quantitative estimate of drug-likeness (QED) is 0.610. The van der Waals surface area contributed by atoms with E-state index in [2.05, 4.69) is 4.72 Å². The van der Waals surface area contributed by atoms with Crippen molar-refractivity contribution in [3.05, 3.63) is 0 Å². The van der Waals surface area contributed by atoms with Crippen molar-refractivity contribution >= 4 is 16.2 Å². The van der Waals surface area contributed by atoms with E-state index in [9.17, 15) is 13.2 Å². The lowest BCUT2D eigenvalue weighted by atomic mass is 10.2. The van der Waals surface area contributed by atoms with Crippen LogP contribution in [-0.4, -0.2) is 54.6 Å². The number of aliphatic hydroxyl groups excluding tert-OH is 1. The highest BCUT2D eigenvalue weighted by Crippen LogP contribution is 2.13. The van der Waals surface area contributed by atoms with E-state index in [4.69, 9.17) is 10.2 Å². The van der Waals surface area contributed by atoms with Gasteiger partial charge in [-0.1, -0.05) is 12.8 Å². The first-order chi connectivity index (χ1) is 8.47. The number of carbonyl (C=O) groups is 1. The van der Waals surface area contributed by atoms with Crippen molar-refractivity contribution in [2.45, 2.75) is 38.1 Å². The molecule has 8 heteroatoms. The van der Waals surface area contributed by atoms with Gasteiger partial charge in [0, 0.05) is 19.7 Å². The van der Waals surface area contributed by atoms with Crippen LogP contribution in [0.4, 0.5) is 0 Å². The number of rotatable bonds is 6. The van der Waals surface area contributed by atoms with E-state index in [1.807, 2.05) is 0 Å². The molecule has 0 aliphatic carbocycles. The Morgan fingerprint density at radius 2 is 1.78 bits per heavy atom. The van der Waals surface area contributed by atoms with Crippen LogP contribution >= 0.6 is 0 Å². The molecule has 0 spiro atoms. The lowest BCUT2D eigenvalue weighted by Crippen LogP contribution is -2.48. The highest BCUT2D eigenvalue weighted by molar-refractivity contribution is 7.87. The van der Waals surface area contributed by atoms with Gasteiger partial charge in [0.05, 0.1) is 0 Å². The van der Waals surface area contributed by atoms with Crippen LogP contribution < -0.4 is 4.72 Å². The van der Waals surface area contributed by atoms with Gasteiger partial charge in [-0.15, -0.1) is 0 Å². The summed E-state index contributed by atoms with van der Waals surface area (Å²) < 4.78 is 27.4. The molecule has 0 aromatic heterocycles. The maximum absolute atomic E-state index is 12.0. The molecule has 1 rings (SSSR count). The van der Waals surface area contributed by atoms with Crippen molar-refractivity contribution < 1.29 is 23.4 Å². The molecule has 1 saturated heterocycles. The minimum atomic E-state index is -3.78. The molecule has 106 valence electrons. The molecular weight excluding hydrogens is 260 g/mol. The predicted molar refractivity (Wildman–Crippen MR) is 65.2 cm³/mol. The van der Waals surface area contributed by atoms with Crippen LogP contribution in [0.15, 0.2) is 0 Å². The average molecular weight is 280 g/mol. The minimum absolute atomic E-state index is 0.137. The average Bonchev–Trinajstić information content (AvgIpc) is 2.57. The summed E-state index contributed by atoms with van der Waals surface area (Å²) in [5, 5.41) is 17.6. The molecule has 0 unspecified atom stereocenters. The van der Waals surface area contributed by atoms with Crippen LogP contribution in [0.1, 0.15) is 32.1 Å². The third-order valence-corrected chi connectivity index (χ3v) is 4.54. The van der Waals surface area contributed by atoms with Gasteiger partial charge in [-0.3, -0.25) is 4.79 Å². The second-order valence-corrected chi connectivity index (χ2v) is 6.04. The second kappa shape index (κ2) is 7.03. The summed E-state index contributed by atoms with van der Waals surface area (Å²) in [6, 6.07) is -1.27. The number of hydrogen-bond donors (Lipinski definition) is 3. The zero-order valence-corrected chi connectivity index (χ0v) is 11.0. The van der Waals surface area contributed by atoms with Gasteiger partial charge < -0.3 is 10.2 Å². The van der Waals surface area contributed by atoms with E-state index < -0.39 is 22.2 Å². The van der Waals surface area contributed by atoms with Crippen molar-refractivity contribution in [2.24, 2.45) is 0 Å². The molecule has 0 radical (unpaired) electrons. The van der Waals surface area contributed by atoms with Crippen molar-refractivity contribution in [1.29, 1.82) is 0 Å². The van der Waals surface area contributed by atoms with E-state index in [0.717, 1.165) is 25.7 Å². The molecule has 18 heavy (non-hydrogen) atoms. The Hall–Kier alpha value is -0.700. The maximum Gasteiger partial charge on any atom is 0.321 e. The predicted octanol–water partition coefficient (Wildman–Crippen LogP) is -0.468. The molecule has 0 aromatic rings. The number of aliphatic hydroxyl groups is 1. The summed E-state index contributed by atoms with van der Waals surface area (Å²) >= 11 is 0. The summed E-state index contributed by atoms with van der Waals surface area (Å²) in [5.41, 5.74) is 0. The Bertz CT molecular complexity index is 362. The molecule has 0 bridgehead atoms. The van der Waals surface area contributed by atoms with Crippen molar-refractivity contribution in [3.63, 3.8) is 0 Å². The van der Waals surface area contributed by atoms with E-state index in [0.29, 0.717) is 13.1 Å². The van der Waals surface area contributed by atoms with Crippen LogP contribution in [0.5, 0.6) is 0 Å². The molecule has 1 fully saturated rings. The number of hydrogen-bond acceptors (Lipinski definition) is 4. The molecule has 1 heterocycles. The lowest BCUT2D eigenvalue weighted by Gasteiger charge is -2.22. The number of nitrogens with one attached hydrogen (secondary N) is 1. The van der Waals surface area contributed by atoms with E-state index in [1.54, 1.807) is 0 Å². The van der Waals surface area contributed by atoms with Crippen molar-refractivity contribution in [2.75, 3.05) is 19.7 Å². The Balaban J connectivity index is 2.69. The standard InChI is InChI=1S/C10H20N2O5S/c13-8-5-9(10(14)15)11-18(16,17)12-6-3-1-2-4-7-12/h9,11,13H,1-8H2,(H,14,15)/t9-/m1/s1. The van der Waals surface area contributed by atoms with Crippen LogP contribution in [0.2, 0.25) is 0 Å². The van der Waals surface area contributed by atoms with Gasteiger partial charge in [-0.2, -0.15) is 17.4 Å². The molecular formula is C10H20N2O5S. The van der Waals surface area contributed by atoms with Crippen LogP contribution in [0.25, 0.3) is 0 Å². The Kier molecular flexibility index (Phi) is 6.00. The topological polar surface area (TPSA) is 107 Å². The maximum atomic E-state index is 12.0. The van der Waals surface area contributed by atoms with E-state index in [-0.39, 0.29) is 13.0 Å². The fraction of sp³-hybridized carbons (Fsp3) is 0.900. The van der Waals surface area contributed by atoms with Crippen molar-refractivity contribution in [1.82, 2.24) is 9.03 Å². The van der Waals surface area contributed by atoms with Gasteiger partial charge in [0.2, 0.25) is 0 Å². The summed E-state index contributed by atoms with van der Waals surface area (Å²) in [7, 11) is -3.78. The van der Waals surface area contributed by atoms with E-state index in [1.165, 1.54) is 4.31 Å². The third-order valence-electron chi connectivity index (χ3n) is 2.91. The van der Waals surface area contributed by atoms with Crippen LogP contribution in [0.3, 0.4) is 0 Å². The zero-order valence-electron chi connectivity index (χ0n) is 10.2. The Labute approximate surface area is 107 Å². The monoisotopic (exact) mass is 280 g/mol. The first-order valence-electron chi connectivity index (χ1n) is 6.08. The molecule has 0 amide bonds. The Morgan fingerprint density at radius 1 is 1.22 bits per heavy atom. The summed E-state index contributed by atoms with van der Waals surface area (Å²) in [6.45, 7) is 0.459. The van der Waals surface area contributed by atoms with Gasteiger partial charge in [0.25, 0.3) is 10.2 Å². The number of carboxylic acids is 1. The lowest BCUT2D eigenvalue weighted by molar-refractivity contribution is -0.139. The highest BCUT2D eigenvalue weighted by atomic mass is 32.2. The van der Waals surface area contributed by atoms with Gasteiger partial charge in [-0.05, 0) is 19.3 Å². The molecule has 7 nitrogen and oxygen atoms in total. The van der Waals surface area contributed by atoms with E-state index >= 15 is 0 Å². The smallest absolute Gasteiger partial charge is 0.321 e. The molecule has 0 aromatic carbocycles. The third kappa shape index (κ3) is 4.52. The van der Waals surface area contributed by atoms with Gasteiger partial charge in [-0.25, -0.2) is 0 Å². The molecule has 1 aliphatic heterocycles. The second-order valence-electron chi connectivity index (χ2n) is 4.34. The minimum Gasteiger partial charge on any atom is -0.480 e. The van der Waals surface area contributed by atoms with Gasteiger partial charge >= 0.3 is 5.97 Å². The molecule has 0 saturated carbocycles. The summed E-state index contributed by atoms with van der Waals surface area (Å²) in [4.78, 5) is 10.9. The Morgan fingerprint density at radius 3 is 2.22 bits per heavy atom. The van der Waals surface area contributed by atoms with Gasteiger partial charge in [0.15, 0.2) is 0 Å². The molecule has 1 atom stereocenters. The van der Waals surface area contributed by atoms with Crippen molar-refractivity contribution in [3.8, 4) is 0 Å². The largest absolute Gasteiger partial charge is 0.480 e. The van der Waals surface area contributed by atoms with Gasteiger partial charge in [0.1, 0.15) is 6.04 Å². The number of carboxylic acid groups (broad SMARTS) is 1. The van der Waals surface area contributed by atoms with Crippen LogP contribution in [-0.2, 0) is 15.0 Å². The number of aliphatic carboxylic acids is 1. The normalized spacial score (nSPS) is 20.3. The summed E-state index contributed by atoms with van der Waals surface area (Å²) in [5.74, 6) is -1.28. The number of nitrogens with zero attached hydrogens (tertiary/aromatic N) is 1.